The zero-order chi connectivity index (χ0) is 16.0. The van der Waals surface area contributed by atoms with Gasteiger partial charge in [0.25, 0.3) is 0 Å². The van der Waals surface area contributed by atoms with Gasteiger partial charge in [-0.3, -0.25) is 0 Å². The van der Waals surface area contributed by atoms with Crippen molar-refractivity contribution >= 4 is 11.7 Å². The van der Waals surface area contributed by atoms with Gasteiger partial charge in [0.1, 0.15) is 0 Å². The SMILES string of the molecule is CC1(C)Oc2ccc(NC(=O)N3C[C@H]4CC=CC[C@@H]4C3)cc2O1. The number of hydrogen-bond acceptors (Lipinski definition) is 3. The molecule has 1 aromatic carbocycles. The van der Waals surface area contributed by atoms with E-state index in [0.717, 1.165) is 31.6 Å². The lowest BCUT2D eigenvalue weighted by molar-refractivity contribution is -0.0431. The van der Waals surface area contributed by atoms with Gasteiger partial charge in [-0.25, -0.2) is 4.79 Å². The summed E-state index contributed by atoms with van der Waals surface area (Å²) in [6.07, 6.45) is 6.66. The van der Waals surface area contributed by atoms with Crippen LogP contribution in [0, 0.1) is 11.8 Å². The minimum absolute atomic E-state index is 0.0301. The molecule has 0 bridgehead atoms. The van der Waals surface area contributed by atoms with E-state index in [4.69, 9.17) is 9.47 Å². The number of carbonyl (C=O) groups is 1. The number of amides is 2. The van der Waals surface area contributed by atoms with E-state index in [1.54, 1.807) is 0 Å². The van der Waals surface area contributed by atoms with Gasteiger partial charge in [-0.2, -0.15) is 0 Å². The van der Waals surface area contributed by atoms with Crippen LogP contribution in [0.1, 0.15) is 26.7 Å². The Labute approximate surface area is 136 Å². The van der Waals surface area contributed by atoms with E-state index in [1.165, 1.54) is 0 Å². The normalized spacial score (nSPS) is 27.0. The van der Waals surface area contributed by atoms with Crippen molar-refractivity contribution in [3.05, 3.63) is 30.4 Å². The van der Waals surface area contributed by atoms with Crippen molar-refractivity contribution in [2.24, 2.45) is 11.8 Å². The lowest BCUT2D eigenvalue weighted by atomic mass is 9.86. The van der Waals surface area contributed by atoms with Gasteiger partial charge >= 0.3 is 6.03 Å². The summed E-state index contributed by atoms with van der Waals surface area (Å²) in [5.41, 5.74) is 0.739. The third-order valence-electron chi connectivity index (χ3n) is 4.81. The number of likely N-dealkylation sites (tertiary alicyclic amines) is 1. The highest BCUT2D eigenvalue weighted by Crippen LogP contribution is 2.41. The van der Waals surface area contributed by atoms with Crippen LogP contribution < -0.4 is 14.8 Å². The van der Waals surface area contributed by atoms with E-state index in [9.17, 15) is 4.79 Å². The number of nitrogens with zero attached hydrogens (tertiary/aromatic N) is 1. The van der Waals surface area contributed by atoms with Crippen molar-refractivity contribution in [1.29, 1.82) is 0 Å². The number of fused-ring (bicyclic) bond motifs is 2. The fourth-order valence-electron chi connectivity index (χ4n) is 3.68. The summed E-state index contributed by atoms with van der Waals surface area (Å²) in [6.45, 7) is 5.42. The van der Waals surface area contributed by atoms with Crippen molar-refractivity contribution < 1.29 is 14.3 Å². The molecule has 4 rings (SSSR count). The fourth-order valence-corrected chi connectivity index (χ4v) is 3.68. The first-order valence-corrected chi connectivity index (χ1v) is 8.23. The number of urea groups is 1. The number of hydrogen-bond donors (Lipinski definition) is 1. The molecule has 2 amide bonds. The third-order valence-corrected chi connectivity index (χ3v) is 4.81. The average Bonchev–Trinajstić information content (AvgIpc) is 3.05. The van der Waals surface area contributed by atoms with Gasteiger partial charge in [0.05, 0.1) is 0 Å². The highest BCUT2D eigenvalue weighted by atomic mass is 16.7. The van der Waals surface area contributed by atoms with Crippen molar-refractivity contribution in [2.75, 3.05) is 18.4 Å². The molecular formula is C18H22N2O3. The van der Waals surface area contributed by atoms with E-state index in [0.29, 0.717) is 23.3 Å². The molecule has 3 aliphatic rings. The van der Waals surface area contributed by atoms with Gasteiger partial charge in [-0.1, -0.05) is 12.2 Å². The Kier molecular flexibility index (Phi) is 3.25. The molecule has 5 heteroatoms. The van der Waals surface area contributed by atoms with E-state index in [1.807, 2.05) is 36.9 Å². The molecule has 1 aliphatic carbocycles. The molecule has 0 radical (unpaired) electrons. The van der Waals surface area contributed by atoms with Gasteiger partial charge in [-0.15, -0.1) is 0 Å². The molecule has 2 atom stereocenters. The zero-order valence-electron chi connectivity index (χ0n) is 13.5. The van der Waals surface area contributed by atoms with Crippen LogP contribution in [0.15, 0.2) is 30.4 Å². The van der Waals surface area contributed by atoms with Crippen LogP contribution in [-0.2, 0) is 0 Å². The number of rotatable bonds is 1. The number of ether oxygens (including phenoxy) is 2. The van der Waals surface area contributed by atoms with Crippen LogP contribution in [0.5, 0.6) is 11.5 Å². The summed E-state index contributed by atoms with van der Waals surface area (Å²) in [4.78, 5) is 14.4. The average molecular weight is 314 g/mol. The van der Waals surface area contributed by atoms with Gasteiger partial charge in [0.15, 0.2) is 11.5 Å². The predicted molar refractivity (Wildman–Crippen MR) is 87.7 cm³/mol. The zero-order valence-corrected chi connectivity index (χ0v) is 13.5. The highest BCUT2D eigenvalue weighted by Gasteiger charge is 2.35. The number of allylic oxidation sites excluding steroid dienone is 2. The molecule has 1 N–H and O–H groups in total. The summed E-state index contributed by atoms with van der Waals surface area (Å²) in [7, 11) is 0. The Balaban J connectivity index is 1.42. The third kappa shape index (κ3) is 2.76. The van der Waals surface area contributed by atoms with Crippen LogP contribution in [0.25, 0.3) is 0 Å². The maximum absolute atomic E-state index is 12.5. The highest BCUT2D eigenvalue weighted by molar-refractivity contribution is 5.90. The van der Waals surface area contributed by atoms with Crippen molar-refractivity contribution in [3.63, 3.8) is 0 Å². The number of benzene rings is 1. The quantitative estimate of drug-likeness (QED) is 0.805. The number of nitrogens with one attached hydrogen (secondary N) is 1. The molecule has 0 saturated carbocycles. The maximum atomic E-state index is 12.5. The van der Waals surface area contributed by atoms with E-state index >= 15 is 0 Å². The maximum Gasteiger partial charge on any atom is 0.321 e. The Morgan fingerprint density at radius 2 is 1.78 bits per heavy atom. The summed E-state index contributed by atoms with van der Waals surface area (Å²) in [5.74, 6) is 1.97. The molecule has 2 aliphatic heterocycles. The summed E-state index contributed by atoms with van der Waals surface area (Å²) in [5, 5.41) is 2.98. The predicted octanol–water partition coefficient (Wildman–Crippen LogP) is 3.62. The summed E-state index contributed by atoms with van der Waals surface area (Å²) in [6, 6.07) is 5.49. The molecule has 0 spiro atoms. The van der Waals surface area contributed by atoms with Crippen LogP contribution in [-0.4, -0.2) is 29.8 Å². The van der Waals surface area contributed by atoms with Gasteiger partial charge in [0.2, 0.25) is 5.79 Å². The van der Waals surface area contributed by atoms with Crippen LogP contribution in [0.2, 0.25) is 0 Å². The molecule has 2 heterocycles. The Bertz CT molecular complexity index is 652. The number of carbonyl (C=O) groups excluding carboxylic acids is 1. The van der Waals surface area contributed by atoms with Crippen molar-refractivity contribution in [3.8, 4) is 11.5 Å². The lowest BCUT2D eigenvalue weighted by Crippen LogP contribution is -2.33. The molecule has 1 fully saturated rings. The summed E-state index contributed by atoms with van der Waals surface area (Å²) < 4.78 is 11.4. The van der Waals surface area contributed by atoms with Gasteiger partial charge in [0, 0.05) is 38.7 Å². The van der Waals surface area contributed by atoms with Crippen molar-refractivity contribution in [1.82, 2.24) is 4.90 Å². The van der Waals surface area contributed by atoms with Gasteiger partial charge in [-0.05, 0) is 36.8 Å². The molecule has 23 heavy (non-hydrogen) atoms. The Morgan fingerprint density at radius 1 is 1.13 bits per heavy atom. The first kappa shape index (κ1) is 14.4. The molecule has 0 unspecified atom stereocenters. The topological polar surface area (TPSA) is 50.8 Å². The fraction of sp³-hybridized carbons (Fsp3) is 0.500. The van der Waals surface area contributed by atoms with Crippen molar-refractivity contribution in [2.45, 2.75) is 32.5 Å². The second kappa shape index (κ2) is 5.18. The standard InChI is InChI=1S/C18H22N2O3/c1-18(2)22-15-8-7-14(9-16(15)23-18)19-17(21)20-10-12-5-3-4-6-13(12)11-20/h3-4,7-9,12-13H,5-6,10-11H2,1-2H3,(H,19,21)/t12-,13-/m1/s1. The molecule has 122 valence electrons. The van der Waals surface area contributed by atoms with E-state index in [2.05, 4.69) is 17.5 Å². The molecular weight excluding hydrogens is 292 g/mol. The smallest absolute Gasteiger partial charge is 0.321 e. The molecule has 5 nitrogen and oxygen atoms in total. The minimum Gasteiger partial charge on any atom is -0.449 e. The lowest BCUT2D eigenvalue weighted by Gasteiger charge is -2.17. The molecule has 0 aromatic heterocycles. The largest absolute Gasteiger partial charge is 0.449 e. The number of anilines is 1. The van der Waals surface area contributed by atoms with Crippen LogP contribution >= 0.6 is 0 Å². The molecule has 1 aromatic rings. The monoisotopic (exact) mass is 314 g/mol. The van der Waals surface area contributed by atoms with E-state index < -0.39 is 5.79 Å². The first-order valence-electron chi connectivity index (χ1n) is 8.23. The molecule has 1 saturated heterocycles. The Morgan fingerprint density at radius 3 is 2.48 bits per heavy atom. The minimum atomic E-state index is -0.650. The van der Waals surface area contributed by atoms with E-state index in [-0.39, 0.29) is 6.03 Å². The second-order valence-electron chi connectivity index (χ2n) is 7.06. The first-order chi connectivity index (χ1) is 11.0. The Hall–Kier alpha value is -2.17. The second-order valence-corrected chi connectivity index (χ2v) is 7.06. The van der Waals surface area contributed by atoms with Crippen LogP contribution in [0.4, 0.5) is 10.5 Å². The van der Waals surface area contributed by atoms with Crippen LogP contribution in [0.3, 0.4) is 0 Å². The van der Waals surface area contributed by atoms with Gasteiger partial charge < -0.3 is 19.7 Å². The summed E-state index contributed by atoms with van der Waals surface area (Å²) >= 11 is 0.